The number of primary sulfonamides is 1. The van der Waals surface area contributed by atoms with Gasteiger partial charge in [-0.05, 0) is 24.6 Å². The Morgan fingerprint density at radius 3 is 2.47 bits per heavy atom. The summed E-state index contributed by atoms with van der Waals surface area (Å²) in [5.41, 5.74) is 1.02. The fourth-order valence-electron chi connectivity index (χ4n) is 1.31. The Bertz CT molecular complexity index is 610. The van der Waals surface area contributed by atoms with E-state index in [2.05, 4.69) is 10.6 Å². The molecule has 0 aliphatic carbocycles. The Morgan fingerprint density at radius 1 is 1.32 bits per heavy atom. The van der Waals surface area contributed by atoms with Crippen molar-refractivity contribution in [2.24, 2.45) is 5.14 Å². The number of nitrogens with two attached hydrogens (primary N) is 1. The molecular weight excluding hydrogens is 270 g/mol. The summed E-state index contributed by atoms with van der Waals surface area (Å²) in [6, 6.07) is 4.16. The molecular formula is C11H15N3O4S. The molecule has 0 heterocycles. The van der Waals surface area contributed by atoms with Gasteiger partial charge < -0.3 is 10.6 Å². The van der Waals surface area contributed by atoms with E-state index < -0.39 is 15.9 Å². The average molecular weight is 285 g/mol. The molecule has 0 aliphatic rings. The number of anilines is 1. The van der Waals surface area contributed by atoms with Crippen molar-refractivity contribution in [2.75, 3.05) is 11.9 Å². The van der Waals surface area contributed by atoms with Crippen molar-refractivity contribution in [3.63, 3.8) is 0 Å². The molecule has 104 valence electrons. The number of hydrogen-bond donors (Lipinski definition) is 3. The Hall–Kier alpha value is -1.93. The van der Waals surface area contributed by atoms with Crippen molar-refractivity contribution in [2.45, 2.75) is 18.7 Å². The second kappa shape index (κ2) is 5.81. The molecule has 0 atom stereocenters. The largest absolute Gasteiger partial charge is 0.347 e. The quantitative estimate of drug-likeness (QED) is 0.704. The van der Waals surface area contributed by atoms with Gasteiger partial charge in [0, 0.05) is 12.6 Å². The van der Waals surface area contributed by atoms with Crippen LogP contribution in [0.5, 0.6) is 0 Å². The smallest absolute Gasteiger partial charge is 0.243 e. The van der Waals surface area contributed by atoms with Gasteiger partial charge in [-0.25, -0.2) is 13.6 Å². The summed E-state index contributed by atoms with van der Waals surface area (Å²) in [5.74, 6) is -0.782. The van der Waals surface area contributed by atoms with Crippen molar-refractivity contribution >= 4 is 27.5 Å². The molecule has 0 fully saturated rings. The molecule has 8 heteroatoms. The number of nitrogens with one attached hydrogen (secondary N) is 2. The molecule has 0 saturated carbocycles. The zero-order valence-electron chi connectivity index (χ0n) is 10.6. The van der Waals surface area contributed by atoms with Crippen LogP contribution in [-0.4, -0.2) is 26.8 Å². The summed E-state index contributed by atoms with van der Waals surface area (Å²) in [5, 5.41) is 9.85. The van der Waals surface area contributed by atoms with E-state index in [1.807, 2.05) is 0 Å². The van der Waals surface area contributed by atoms with E-state index in [9.17, 15) is 18.0 Å². The van der Waals surface area contributed by atoms with Crippen LogP contribution in [0.3, 0.4) is 0 Å². The van der Waals surface area contributed by atoms with E-state index >= 15 is 0 Å². The third-order valence-electron chi connectivity index (χ3n) is 2.31. The third-order valence-corrected chi connectivity index (χ3v) is 3.22. The predicted molar refractivity (Wildman–Crippen MR) is 69.9 cm³/mol. The maximum atomic E-state index is 11.5. The number of hydrogen-bond acceptors (Lipinski definition) is 4. The van der Waals surface area contributed by atoms with Crippen LogP contribution in [0.25, 0.3) is 0 Å². The van der Waals surface area contributed by atoms with E-state index in [1.54, 1.807) is 6.92 Å². The van der Waals surface area contributed by atoms with Gasteiger partial charge in [0.2, 0.25) is 21.8 Å². The molecule has 0 spiro atoms. The molecule has 0 saturated heterocycles. The maximum absolute atomic E-state index is 11.5. The Morgan fingerprint density at radius 2 is 1.95 bits per heavy atom. The van der Waals surface area contributed by atoms with Crippen LogP contribution in [0.1, 0.15) is 12.5 Å². The Kier molecular flexibility index (Phi) is 4.62. The van der Waals surface area contributed by atoms with Gasteiger partial charge in [0.1, 0.15) is 0 Å². The molecule has 1 aromatic rings. The van der Waals surface area contributed by atoms with Gasteiger partial charge in [-0.1, -0.05) is 6.07 Å². The van der Waals surface area contributed by atoms with Crippen molar-refractivity contribution in [1.82, 2.24) is 5.32 Å². The van der Waals surface area contributed by atoms with Gasteiger partial charge in [0.15, 0.2) is 0 Å². The predicted octanol–water partition coefficient (Wildman–Crippen LogP) is -0.283. The van der Waals surface area contributed by atoms with Crippen LogP contribution in [0.4, 0.5) is 5.69 Å². The maximum Gasteiger partial charge on any atom is 0.243 e. The Balaban J connectivity index is 2.89. The number of amides is 2. The van der Waals surface area contributed by atoms with Crippen LogP contribution >= 0.6 is 0 Å². The highest BCUT2D eigenvalue weighted by Crippen LogP contribution is 2.19. The van der Waals surface area contributed by atoms with E-state index in [-0.39, 0.29) is 17.3 Å². The van der Waals surface area contributed by atoms with Crippen LogP contribution < -0.4 is 15.8 Å². The second-order valence-electron chi connectivity index (χ2n) is 3.98. The third kappa shape index (κ3) is 4.68. The van der Waals surface area contributed by atoms with E-state index in [1.165, 1.54) is 25.1 Å². The standard InChI is InChI=1S/C11H15N3O4S/c1-7-3-4-9(19(12,17)18)5-10(7)14-11(16)6-13-8(2)15/h3-5H,6H2,1-2H3,(H,13,15)(H,14,16)(H2,12,17,18). The van der Waals surface area contributed by atoms with Gasteiger partial charge >= 0.3 is 0 Å². The molecule has 19 heavy (non-hydrogen) atoms. The molecule has 0 bridgehead atoms. The molecule has 2 amide bonds. The minimum Gasteiger partial charge on any atom is -0.347 e. The minimum atomic E-state index is -3.82. The van der Waals surface area contributed by atoms with Crippen LogP contribution in [0.15, 0.2) is 23.1 Å². The van der Waals surface area contributed by atoms with Gasteiger partial charge in [-0.3, -0.25) is 9.59 Å². The molecule has 1 rings (SSSR count). The molecule has 0 aliphatic heterocycles. The lowest BCUT2D eigenvalue weighted by Gasteiger charge is -2.10. The number of carbonyl (C=O) groups is 2. The summed E-state index contributed by atoms with van der Waals surface area (Å²) < 4.78 is 22.4. The molecule has 4 N–H and O–H groups in total. The number of benzene rings is 1. The summed E-state index contributed by atoms with van der Waals surface area (Å²) in [6.45, 7) is 2.81. The molecule has 0 aromatic heterocycles. The zero-order chi connectivity index (χ0) is 14.6. The van der Waals surface area contributed by atoms with Gasteiger partial charge in [-0.15, -0.1) is 0 Å². The fourth-order valence-corrected chi connectivity index (χ4v) is 1.85. The SMILES string of the molecule is CC(=O)NCC(=O)Nc1cc(S(N)(=O)=O)ccc1C. The van der Waals surface area contributed by atoms with Crippen molar-refractivity contribution in [1.29, 1.82) is 0 Å². The van der Waals surface area contributed by atoms with Crippen molar-refractivity contribution < 1.29 is 18.0 Å². The van der Waals surface area contributed by atoms with Crippen LogP contribution in [-0.2, 0) is 19.6 Å². The van der Waals surface area contributed by atoms with Crippen molar-refractivity contribution in [3.05, 3.63) is 23.8 Å². The lowest BCUT2D eigenvalue weighted by atomic mass is 10.2. The molecule has 1 aromatic carbocycles. The normalized spacial score (nSPS) is 10.9. The first-order valence-electron chi connectivity index (χ1n) is 5.38. The van der Waals surface area contributed by atoms with Crippen molar-refractivity contribution in [3.8, 4) is 0 Å². The highest BCUT2D eigenvalue weighted by molar-refractivity contribution is 7.89. The molecule has 0 radical (unpaired) electrons. The number of aryl methyl sites for hydroxylation is 1. The van der Waals surface area contributed by atoms with E-state index in [4.69, 9.17) is 5.14 Å². The number of rotatable bonds is 4. The van der Waals surface area contributed by atoms with E-state index in [0.29, 0.717) is 11.3 Å². The Labute approximate surface area is 111 Å². The number of carbonyl (C=O) groups excluding carboxylic acids is 2. The first-order valence-corrected chi connectivity index (χ1v) is 6.92. The molecule has 0 unspecified atom stereocenters. The van der Waals surface area contributed by atoms with E-state index in [0.717, 1.165) is 0 Å². The topological polar surface area (TPSA) is 118 Å². The second-order valence-corrected chi connectivity index (χ2v) is 5.54. The van der Waals surface area contributed by atoms with Crippen LogP contribution in [0, 0.1) is 6.92 Å². The zero-order valence-corrected chi connectivity index (χ0v) is 11.4. The first kappa shape index (κ1) is 15.1. The monoisotopic (exact) mass is 285 g/mol. The summed E-state index contributed by atoms with van der Waals surface area (Å²) >= 11 is 0. The fraction of sp³-hybridized carbons (Fsp3) is 0.273. The highest BCUT2D eigenvalue weighted by atomic mass is 32.2. The number of sulfonamides is 1. The lowest BCUT2D eigenvalue weighted by Crippen LogP contribution is -2.31. The van der Waals surface area contributed by atoms with Crippen LogP contribution in [0.2, 0.25) is 0 Å². The highest BCUT2D eigenvalue weighted by Gasteiger charge is 2.11. The minimum absolute atomic E-state index is 0.0899. The summed E-state index contributed by atoms with van der Waals surface area (Å²) in [4.78, 5) is 22.1. The van der Waals surface area contributed by atoms with Gasteiger partial charge in [0.05, 0.1) is 11.4 Å². The van der Waals surface area contributed by atoms with Gasteiger partial charge in [0.25, 0.3) is 0 Å². The molecule has 7 nitrogen and oxygen atoms in total. The lowest BCUT2D eigenvalue weighted by molar-refractivity contribution is -0.122. The first-order chi connectivity index (χ1) is 8.70. The summed E-state index contributed by atoms with van der Waals surface area (Å²) in [7, 11) is -3.82. The van der Waals surface area contributed by atoms with Gasteiger partial charge in [-0.2, -0.15) is 0 Å². The summed E-state index contributed by atoms with van der Waals surface area (Å²) in [6.07, 6.45) is 0. The average Bonchev–Trinajstić information content (AvgIpc) is 2.28.